The quantitative estimate of drug-likeness (QED) is 0.280. The molecule has 1 aliphatic heterocycles. The number of benzene rings is 3. The lowest BCUT2D eigenvalue weighted by Crippen LogP contribution is -2.51. The normalized spacial score (nSPS) is 22.9. The van der Waals surface area contributed by atoms with Crippen LogP contribution in [0.1, 0.15) is 85.2 Å². The Kier molecular flexibility index (Phi) is 9.12. The molecule has 236 valence electrons. The average Bonchev–Trinajstić information content (AvgIpc) is 3.01. The molecule has 1 aliphatic carbocycles. The van der Waals surface area contributed by atoms with E-state index in [0.717, 1.165) is 49.9 Å². The highest BCUT2D eigenvalue weighted by Crippen LogP contribution is 2.43. The number of nitrogens with one attached hydrogen (secondary N) is 1. The summed E-state index contributed by atoms with van der Waals surface area (Å²) in [5.74, 6) is -0.301. The lowest BCUT2D eigenvalue weighted by molar-refractivity contribution is -0.143. The van der Waals surface area contributed by atoms with Gasteiger partial charge in [0.1, 0.15) is 5.82 Å². The lowest BCUT2D eigenvalue weighted by Gasteiger charge is -2.45. The number of carbonyl (C=O) groups excluding carboxylic acids is 1. The van der Waals surface area contributed by atoms with Crippen molar-refractivity contribution in [3.05, 3.63) is 106 Å². The standard InChI is InChI=1S/C34H35F7N2O/c1-22(25-19-27(33(36,37)38)21-28(20-25)34(39,40)41)42-31(44)32(26-5-3-2-4-6-26)15-11-30(12-16-32)43-17-13-24(14-18-43)23-7-9-29(35)10-8-23/h2-10,19-22,24,30H,11-18H2,1H3,(H,42,44)/t22-,30?,32?/m1/s1. The highest BCUT2D eigenvalue weighted by Gasteiger charge is 2.45. The van der Waals surface area contributed by atoms with Crippen molar-refractivity contribution in [2.75, 3.05) is 13.1 Å². The molecule has 1 atom stereocenters. The van der Waals surface area contributed by atoms with E-state index >= 15 is 0 Å². The molecule has 10 heteroatoms. The zero-order valence-electron chi connectivity index (χ0n) is 24.3. The second-order valence-corrected chi connectivity index (χ2v) is 12.1. The summed E-state index contributed by atoms with van der Waals surface area (Å²) < 4.78 is 94.2. The molecule has 0 unspecified atom stereocenters. The summed E-state index contributed by atoms with van der Waals surface area (Å²) in [6.07, 6.45) is -5.63. The Bertz CT molecular complexity index is 1390. The van der Waals surface area contributed by atoms with E-state index < -0.39 is 40.8 Å². The molecule has 44 heavy (non-hydrogen) atoms. The van der Waals surface area contributed by atoms with Gasteiger partial charge >= 0.3 is 12.4 Å². The Labute approximate surface area is 252 Å². The van der Waals surface area contributed by atoms with Gasteiger partial charge in [0.15, 0.2) is 0 Å². The maximum absolute atomic E-state index is 14.0. The fraction of sp³-hybridized carbons (Fsp3) is 0.441. The summed E-state index contributed by atoms with van der Waals surface area (Å²) in [5.41, 5.74) is -2.14. The third kappa shape index (κ3) is 6.95. The highest BCUT2D eigenvalue weighted by molar-refractivity contribution is 5.88. The minimum absolute atomic E-state index is 0.0905. The minimum Gasteiger partial charge on any atom is -0.349 e. The predicted molar refractivity (Wildman–Crippen MR) is 153 cm³/mol. The van der Waals surface area contributed by atoms with E-state index in [9.17, 15) is 35.5 Å². The average molecular weight is 621 g/mol. The van der Waals surface area contributed by atoms with E-state index in [-0.39, 0.29) is 23.5 Å². The van der Waals surface area contributed by atoms with Crippen molar-refractivity contribution in [2.24, 2.45) is 0 Å². The summed E-state index contributed by atoms with van der Waals surface area (Å²) in [7, 11) is 0. The van der Waals surface area contributed by atoms with Crippen molar-refractivity contribution in [3.8, 4) is 0 Å². The Morgan fingerprint density at radius 2 is 1.36 bits per heavy atom. The Balaban J connectivity index is 1.31. The first-order valence-electron chi connectivity index (χ1n) is 14.9. The number of piperidine rings is 1. The lowest BCUT2D eigenvalue weighted by atomic mass is 9.67. The number of likely N-dealkylation sites (tertiary alicyclic amines) is 1. The zero-order chi connectivity index (χ0) is 31.7. The largest absolute Gasteiger partial charge is 0.416 e. The molecule has 3 nitrogen and oxygen atoms in total. The number of hydrogen-bond acceptors (Lipinski definition) is 2. The van der Waals surface area contributed by atoms with E-state index in [1.807, 2.05) is 42.5 Å². The molecule has 5 rings (SSSR count). The van der Waals surface area contributed by atoms with Gasteiger partial charge in [0.2, 0.25) is 5.91 Å². The first-order valence-corrected chi connectivity index (χ1v) is 14.9. The van der Waals surface area contributed by atoms with Crippen LogP contribution >= 0.6 is 0 Å². The van der Waals surface area contributed by atoms with E-state index in [1.165, 1.54) is 19.1 Å². The van der Waals surface area contributed by atoms with Gasteiger partial charge in [0.05, 0.1) is 22.6 Å². The van der Waals surface area contributed by atoms with Gasteiger partial charge in [-0.25, -0.2) is 4.39 Å². The maximum atomic E-state index is 14.0. The number of rotatable bonds is 6. The van der Waals surface area contributed by atoms with Gasteiger partial charge in [-0.1, -0.05) is 42.5 Å². The molecule has 1 heterocycles. The van der Waals surface area contributed by atoms with E-state index in [2.05, 4.69) is 10.2 Å². The monoisotopic (exact) mass is 620 g/mol. The smallest absolute Gasteiger partial charge is 0.349 e. The number of halogens is 7. The molecule has 3 aromatic rings. The topological polar surface area (TPSA) is 32.3 Å². The van der Waals surface area contributed by atoms with Crippen molar-refractivity contribution in [2.45, 2.75) is 81.2 Å². The van der Waals surface area contributed by atoms with Crippen molar-refractivity contribution in [1.82, 2.24) is 10.2 Å². The van der Waals surface area contributed by atoms with Crippen LogP contribution < -0.4 is 5.32 Å². The Morgan fingerprint density at radius 3 is 1.89 bits per heavy atom. The van der Waals surface area contributed by atoms with Crippen LogP contribution in [0, 0.1) is 5.82 Å². The van der Waals surface area contributed by atoms with Crippen LogP contribution in [0.4, 0.5) is 30.7 Å². The first kappa shape index (κ1) is 32.0. The Morgan fingerprint density at radius 1 is 0.818 bits per heavy atom. The molecule has 1 amide bonds. The van der Waals surface area contributed by atoms with Crippen LogP contribution in [0.2, 0.25) is 0 Å². The molecule has 3 aromatic carbocycles. The third-order valence-electron chi connectivity index (χ3n) is 9.41. The van der Waals surface area contributed by atoms with Crippen molar-refractivity contribution in [1.29, 1.82) is 0 Å². The first-order chi connectivity index (χ1) is 20.8. The molecular weight excluding hydrogens is 585 g/mol. The van der Waals surface area contributed by atoms with E-state index in [1.54, 1.807) is 0 Å². The van der Waals surface area contributed by atoms with Crippen LogP contribution in [0.3, 0.4) is 0 Å². The molecule has 2 aliphatic rings. The second-order valence-electron chi connectivity index (χ2n) is 12.1. The van der Waals surface area contributed by atoms with Crippen molar-refractivity contribution < 1.29 is 35.5 Å². The van der Waals surface area contributed by atoms with Gasteiger partial charge in [0, 0.05) is 6.04 Å². The van der Waals surface area contributed by atoms with Gasteiger partial charge in [0.25, 0.3) is 0 Å². The number of amides is 1. The molecule has 1 saturated carbocycles. The molecule has 0 radical (unpaired) electrons. The summed E-state index contributed by atoms with van der Waals surface area (Å²) in [6.45, 7) is 3.17. The van der Waals surface area contributed by atoms with E-state index in [0.29, 0.717) is 30.9 Å². The van der Waals surface area contributed by atoms with Crippen LogP contribution in [0.25, 0.3) is 0 Å². The number of nitrogens with zero attached hydrogens (tertiary/aromatic N) is 1. The molecule has 0 spiro atoms. The van der Waals surface area contributed by atoms with Gasteiger partial charge in [-0.15, -0.1) is 0 Å². The Hall–Kier alpha value is -3.40. The van der Waals surface area contributed by atoms with Crippen LogP contribution in [-0.4, -0.2) is 29.9 Å². The zero-order valence-corrected chi connectivity index (χ0v) is 24.3. The molecular formula is C34H35F7N2O. The summed E-state index contributed by atoms with van der Waals surface area (Å²) >= 11 is 0. The van der Waals surface area contributed by atoms with Gasteiger partial charge < -0.3 is 10.2 Å². The number of hydrogen-bond donors (Lipinski definition) is 1. The summed E-state index contributed by atoms with van der Waals surface area (Å²) in [4.78, 5) is 16.4. The number of alkyl halides is 6. The predicted octanol–water partition coefficient (Wildman–Crippen LogP) is 8.80. The minimum atomic E-state index is -4.98. The summed E-state index contributed by atoms with van der Waals surface area (Å²) in [5, 5.41) is 2.77. The van der Waals surface area contributed by atoms with Gasteiger partial charge in [-0.2, -0.15) is 26.3 Å². The van der Waals surface area contributed by atoms with Crippen LogP contribution in [0.5, 0.6) is 0 Å². The molecule has 1 N–H and O–H groups in total. The van der Waals surface area contributed by atoms with Crippen LogP contribution in [-0.2, 0) is 22.6 Å². The highest BCUT2D eigenvalue weighted by atomic mass is 19.4. The second kappa shape index (κ2) is 12.5. The van der Waals surface area contributed by atoms with Crippen molar-refractivity contribution in [3.63, 3.8) is 0 Å². The fourth-order valence-corrected chi connectivity index (χ4v) is 6.84. The molecule has 2 fully saturated rings. The van der Waals surface area contributed by atoms with E-state index in [4.69, 9.17) is 0 Å². The SMILES string of the molecule is C[C@@H](NC(=O)C1(c2ccccc2)CCC(N2CCC(c3ccc(F)cc3)CC2)CC1)c1cc(C(F)(F)F)cc(C(F)(F)F)c1. The maximum Gasteiger partial charge on any atom is 0.416 e. The number of carbonyl (C=O) groups is 1. The fourth-order valence-electron chi connectivity index (χ4n) is 6.84. The molecule has 0 bridgehead atoms. The molecule has 1 saturated heterocycles. The molecule has 0 aromatic heterocycles. The third-order valence-corrected chi connectivity index (χ3v) is 9.41. The summed E-state index contributed by atoms with van der Waals surface area (Å²) in [6, 6.07) is 16.4. The van der Waals surface area contributed by atoms with Crippen molar-refractivity contribution >= 4 is 5.91 Å². The van der Waals surface area contributed by atoms with Gasteiger partial charge in [-0.3, -0.25) is 4.79 Å². The van der Waals surface area contributed by atoms with Gasteiger partial charge in [-0.05, 0) is 111 Å². The van der Waals surface area contributed by atoms with Crippen LogP contribution in [0.15, 0.2) is 72.8 Å².